The van der Waals surface area contributed by atoms with Crippen LogP contribution in [0, 0.1) is 13.8 Å². The summed E-state index contributed by atoms with van der Waals surface area (Å²) >= 11 is 0. The third kappa shape index (κ3) is 3.32. The van der Waals surface area contributed by atoms with Gasteiger partial charge in [0.1, 0.15) is 5.69 Å². The molecule has 0 aromatic carbocycles. The number of piperazine rings is 1. The molecular weight excluding hydrogens is 268 g/mol. The second-order valence-corrected chi connectivity index (χ2v) is 5.56. The number of carbonyl (C=O) groups excluding carboxylic acids is 2. The van der Waals surface area contributed by atoms with Crippen LogP contribution < -0.4 is 0 Å². The second kappa shape index (κ2) is 6.11. The molecule has 0 aliphatic carbocycles. The number of aryl methyl sites for hydroxylation is 2. The fourth-order valence-electron chi connectivity index (χ4n) is 2.30. The van der Waals surface area contributed by atoms with Crippen molar-refractivity contribution in [3.63, 3.8) is 0 Å². The molecule has 6 heteroatoms. The molecule has 2 heterocycles. The van der Waals surface area contributed by atoms with Crippen molar-refractivity contribution in [1.29, 1.82) is 0 Å². The molecule has 0 atom stereocenters. The molecule has 0 N–H and O–H groups in total. The number of nitrogens with zero attached hydrogens (tertiary/aromatic N) is 4. The standard InChI is InChI=1S/C15H22N4O2/c1-11-5-6-13(16-12(11)2)14(20)18-7-9-19(10-8-18)15(21)17(3)4/h5-6H,7-10H2,1-4H3. The van der Waals surface area contributed by atoms with Crippen LogP contribution in [0.2, 0.25) is 0 Å². The van der Waals surface area contributed by atoms with Gasteiger partial charge >= 0.3 is 6.03 Å². The molecule has 1 fully saturated rings. The molecule has 1 aliphatic heterocycles. The number of pyridine rings is 1. The Bertz CT molecular complexity index is 549. The van der Waals surface area contributed by atoms with Gasteiger partial charge in [-0.1, -0.05) is 6.07 Å². The molecule has 1 saturated heterocycles. The number of urea groups is 1. The van der Waals surface area contributed by atoms with Crippen LogP contribution in [-0.2, 0) is 0 Å². The summed E-state index contributed by atoms with van der Waals surface area (Å²) < 4.78 is 0. The zero-order chi connectivity index (χ0) is 15.6. The molecule has 0 radical (unpaired) electrons. The summed E-state index contributed by atoms with van der Waals surface area (Å²) in [5.74, 6) is -0.0601. The zero-order valence-corrected chi connectivity index (χ0v) is 13.1. The predicted octanol–water partition coefficient (Wildman–Crippen LogP) is 1.14. The Hall–Kier alpha value is -2.11. The van der Waals surface area contributed by atoms with Gasteiger partial charge < -0.3 is 14.7 Å². The summed E-state index contributed by atoms with van der Waals surface area (Å²) in [5, 5.41) is 0. The first-order valence-corrected chi connectivity index (χ1v) is 7.10. The molecule has 3 amide bonds. The van der Waals surface area contributed by atoms with Gasteiger partial charge in [0, 0.05) is 46.0 Å². The van der Waals surface area contributed by atoms with E-state index in [2.05, 4.69) is 4.98 Å². The lowest BCUT2D eigenvalue weighted by Gasteiger charge is -2.35. The molecule has 21 heavy (non-hydrogen) atoms. The van der Waals surface area contributed by atoms with Crippen molar-refractivity contribution in [3.8, 4) is 0 Å². The van der Waals surface area contributed by atoms with Gasteiger partial charge in [0.05, 0.1) is 0 Å². The number of hydrogen-bond donors (Lipinski definition) is 0. The first kappa shape index (κ1) is 15.3. The minimum atomic E-state index is -0.0601. The Kier molecular flexibility index (Phi) is 4.45. The van der Waals surface area contributed by atoms with E-state index in [1.54, 1.807) is 34.9 Å². The molecule has 0 bridgehead atoms. The van der Waals surface area contributed by atoms with Crippen molar-refractivity contribution in [1.82, 2.24) is 19.7 Å². The first-order chi connectivity index (χ1) is 9.90. The Labute approximate surface area is 125 Å². The highest BCUT2D eigenvalue weighted by molar-refractivity contribution is 5.92. The molecule has 1 aromatic rings. The van der Waals surface area contributed by atoms with E-state index < -0.39 is 0 Å². The smallest absolute Gasteiger partial charge is 0.319 e. The molecule has 1 aliphatic rings. The number of hydrogen-bond acceptors (Lipinski definition) is 3. The van der Waals surface area contributed by atoms with Gasteiger partial charge in [-0.3, -0.25) is 4.79 Å². The maximum atomic E-state index is 12.4. The van der Waals surface area contributed by atoms with Gasteiger partial charge in [0.2, 0.25) is 0 Å². The van der Waals surface area contributed by atoms with Gasteiger partial charge in [0.15, 0.2) is 0 Å². The number of carbonyl (C=O) groups is 2. The van der Waals surface area contributed by atoms with Gasteiger partial charge in [-0.25, -0.2) is 9.78 Å². The van der Waals surface area contributed by atoms with Crippen LogP contribution in [0.3, 0.4) is 0 Å². The fourth-order valence-corrected chi connectivity index (χ4v) is 2.30. The monoisotopic (exact) mass is 290 g/mol. The molecule has 0 saturated carbocycles. The summed E-state index contributed by atoms with van der Waals surface area (Å²) in [5.41, 5.74) is 2.43. The van der Waals surface area contributed by atoms with Crippen LogP contribution in [-0.4, -0.2) is 71.9 Å². The maximum absolute atomic E-state index is 12.4. The normalized spacial score (nSPS) is 15.0. The van der Waals surface area contributed by atoms with Crippen molar-refractivity contribution in [3.05, 3.63) is 29.1 Å². The Morgan fingerprint density at radius 2 is 1.62 bits per heavy atom. The highest BCUT2D eigenvalue weighted by Gasteiger charge is 2.26. The van der Waals surface area contributed by atoms with E-state index in [1.807, 2.05) is 19.9 Å². The van der Waals surface area contributed by atoms with E-state index in [-0.39, 0.29) is 11.9 Å². The Morgan fingerprint density at radius 1 is 1.05 bits per heavy atom. The predicted molar refractivity (Wildman–Crippen MR) is 80.3 cm³/mol. The average Bonchev–Trinajstić information content (AvgIpc) is 2.48. The summed E-state index contributed by atoms with van der Waals surface area (Å²) in [4.78, 5) is 33.7. The van der Waals surface area contributed by atoms with Crippen molar-refractivity contribution < 1.29 is 9.59 Å². The highest BCUT2D eigenvalue weighted by Crippen LogP contribution is 2.11. The minimum Gasteiger partial charge on any atom is -0.334 e. The molecule has 1 aromatic heterocycles. The van der Waals surface area contributed by atoms with E-state index in [0.29, 0.717) is 31.9 Å². The second-order valence-electron chi connectivity index (χ2n) is 5.56. The summed E-state index contributed by atoms with van der Waals surface area (Å²) in [6, 6.07) is 3.68. The average molecular weight is 290 g/mol. The van der Waals surface area contributed by atoms with Gasteiger partial charge in [0.25, 0.3) is 5.91 Å². The lowest BCUT2D eigenvalue weighted by Crippen LogP contribution is -2.53. The van der Waals surface area contributed by atoms with Crippen molar-refractivity contribution in [2.45, 2.75) is 13.8 Å². The maximum Gasteiger partial charge on any atom is 0.319 e. The third-order valence-corrected chi connectivity index (χ3v) is 3.79. The molecule has 2 rings (SSSR count). The van der Waals surface area contributed by atoms with Crippen LogP contribution >= 0.6 is 0 Å². The van der Waals surface area contributed by atoms with Gasteiger partial charge in [-0.15, -0.1) is 0 Å². The summed E-state index contributed by atoms with van der Waals surface area (Å²) in [7, 11) is 3.47. The lowest BCUT2D eigenvalue weighted by atomic mass is 10.2. The van der Waals surface area contributed by atoms with E-state index >= 15 is 0 Å². The molecule has 0 unspecified atom stereocenters. The molecular formula is C15H22N4O2. The largest absolute Gasteiger partial charge is 0.334 e. The highest BCUT2D eigenvalue weighted by atomic mass is 16.2. The quantitative estimate of drug-likeness (QED) is 0.779. The van der Waals surface area contributed by atoms with E-state index in [0.717, 1.165) is 11.3 Å². The summed E-state index contributed by atoms with van der Waals surface area (Å²) in [6.45, 7) is 6.10. The number of rotatable bonds is 1. The van der Waals surface area contributed by atoms with E-state index in [9.17, 15) is 9.59 Å². The van der Waals surface area contributed by atoms with Crippen LogP contribution in [0.15, 0.2) is 12.1 Å². The Morgan fingerprint density at radius 3 is 2.14 bits per heavy atom. The SMILES string of the molecule is Cc1ccc(C(=O)N2CCN(C(=O)N(C)C)CC2)nc1C. The zero-order valence-electron chi connectivity index (χ0n) is 13.1. The lowest BCUT2D eigenvalue weighted by molar-refractivity contribution is 0.0644. The van der Waals surface area contributed by atoms with Crippen molar-refractivity contribution in [2.24, 2.45) is 0 Å². The number of amides is 3. The van der Waals surface area contributed by atoms with Crippen LogP contribution in [0.4, 0.5) is 4.79 Å². The topological polar surface area (TPSA) is 56.8 Å². The molecule has 0 spiro atoms. The molecule has 114 valence electrons. The number of aromatic nitrogens is 1. The summed E-state index contributed by atoms with van der Waals surface area (Å²) in [6.07, 6.45) is 0. The van der Waals surface area contributed by atoms with Crippen molar-refractivity contribution >= 4 is 11.9 Å². The molecule has 6 nitrogen and oxygen atoms in total. The van der Waals surface area contributed by atoms with Crippen LogP contribution in [0.25, 0.3) is 0 Å². The Balaban J connectivity index is 2.00. The van der Waals surface area contributed by atoms with Gasteiger partial charge in [-0.05, 0) is 25.5 Å². The van der Waals surface area contributed by atoms with Crippen molar-refractivity contribution in [2.75, 3.05) is 40.3 Å². The van der Waals surface area contributed by atoms with E-state index in [4.69, 9.17) is 0 Å². The fraction of sp³-hybridized carbons (Fsp3) is 0.533. The van der Waals surface area contributed by atoms with E-state index in [1.165, 1.54) is 0 Å². The minimum absolute atomic E-state index is 0.00796. The van der Waals surface area contributed by atoms with Crippen LogP contribution in [0.1, 0.15) is 21.7 Å². The van der Waals surface area contributed by atoms with Crippen LogP contribution in [0.5, 0.6) is 0 Å². The first-order valence-electron chi connectivity index (χ1n) is 7.10. The third-order valence-electron chi connectivity index (χ3n) is 3.79. The van der Waals surface area contributed by atoms with Gasteiger partial charge in [-0.2, -0.15) is 0 Å².